The van der Waals surface area contributed by atoms with Crippen LogP contribution in [0.5, 0.6) is 0 Å². The first-order valence-corrected chi connectivity index (χ1v) is 6.27. The summed E-state index contributed by atoms with van der Waals surface area (Å²) >= 11 is 0. The zero-order valence-electron chi connectivity index (χ0n) is 11.1. The van der Waals surface area contributed by atoms with Crippen LogP contribution < -0.4 is 0 Å². The van der Waals surface area contributed by atoms with Crippen LogP contribution in [0.2, 0.25) is 0 Å². The maximum absolute atomic E-state index is 11.2. The van der Waals surface area contributed by atoms with Crippen LogP contribution in [-0.2, 0) is 9.53 Å². The summed E-state index contributed by atoms with van der Waals surface area (Å²) < 4.78 is 5.29. The molecule has 1 aliphatic heterocycles. The summed E-state index contributed by atoms with van der Waals surface area (Å²) in [6.45, 7) is 11.5. The van der Waals surface area contributed by atoms with Gasteiger partial charge in [0, 0.05) is 26.2 Å². The average Bonchev–Trinajstić information content (AvgIpc) is 2.30. The first-order valence-electron chi connectivity index (χ1n) is 6.27. The second kappa shape index (κ2) is 6.33. The van der Waals surface area contributed by atoms with Crippen molar-refractivity contribution in [2.75, 3.05) is 45.9 Å². The molecular weight excluding hydrogens is 220 g/mol. The van der Waals surface area contributed by atoms with Crippen molar-refractivity contribution < 1.29 is 14.6 Å². The number of ether oxygens (including phenoxy) is 1. The molecule has 1 fully saturated rings. The minimum atomic E-state index is -0.791. The van der Waals surface area contributed by atoms with Crippen molar-refractivity contribution in [3.63, 3.8) is 0 Å². The predicted molar refractivity (Wildman–Crippen MR) is 66.2 cm³/mol. The summed E-state index contributed by atoms with van der Waals surface area (Å²) in [4.78, 5) is 15.5. The highest BCUT2D eigenvalue weighted by molar-refractivity contribution is 5.77. The highest BCUT2D eigenvalue weighted by Crippen LogP contribution is 2.14. The van der Waals surface area contributed by atoms with E-state index < -0.39 is 11.5 Å². The van der Waals surface area contributed by atoms with Crippen LogP contribution in [0.15, 0.2) is 0 Å². The largest absolute Gasteiger partial charge is 0.480 e. The number of aliphatic carboxylic acids is 1. The van der Waals surface area contributed by atoms with E-state index in [9.17, 15) is 9.90 Å². The van der Waals surface area contributed by atoms with E-state index >= 15 is 0 Å². The number of rotatable bonds is 6. The van der Waals surface area contributed by atoms with Crippen molar-refractivity contribution in [2.45, 2.75) is 26.3 Å². The molecule has 1 saturated heterocycles. The highest BCUT2D eigenvalue weighted by atomic mass is 16.5. The highest BCUT2D eigenvalue weighted by Gasteiger charge is 2.33. The molecule has 0 amide bonds. The molecule has 0 aliphatic carbocycles. The summed E-state index contributed by atoms with van der Waals surface area (Å²) in [7, 11) is 0. The molecule has 1 heterocycles. The number of hydrogen-bond donors (Lipinski definition) is 1. The summed E-state index contributed by atoms with van der Waals surface area (Å²) in [5.74, 6) is -0.763. The van der Waals surface area contributed by atoms with Crippen LogP contribution in [0, 0.1) is 0 Å². The zero-order valence-corrected chi connectivity index (χ0v) is 11.1. The maximum atomic E-state index is 11.2. The Labute approximate surface area is 103 Å². The van der Waals surface area contributed by atoms with Gasteiger partial charge in [-0.1, -0.05) is 6.92 Å². The van der Waals surface area contributed by atoms with Gasteiger partial charge in [0.1, 0.15) is 5.54 Å². The molecule has 0 unspecified atom stereocenters. The van der Waals surface area contributed by atoms with Gasteiger partial charge < -0.3 is 9.84 Å². The van der Waals surface area contributed by atoms with Gasteiger partial charge in [0.15, 0.2) is 0 Å². The van der Waals surface area contributed by atoms with Gasteiger partial charge in [-0.05, 0) is 20.4 Å². The van der Waals surface area contributed by atoms with Crippen molar-refractivity contribution >= 4 is 5.97 Å². The lowest BCUT2D eigenvalue weighted by molar-refractivity contribution is -0.149. The lowest BCUT2D eigenvalue weighted by atomic mass is 10.0. The number of likely N-dealkylation sites (N-methyl/N-ethyl adjacent to an activating group) is 1. The molecule has 17 heavy (non-hydrogen) atoms. The van der Waals surface area contributed by atoms with Gasteiger partial charge in [-0.2, -0.15) is 0 Å². The van der Waals surface area contributed by atoms with Gasteiger partial charge in [-0.3, -0.25) is 14.6 Å². The van der Waals surface area contributed by atoms with Crippen molar-refractivity contribution in [2.24, 2.45) is 0 Å². The fourth-order valence-electron chi connectivity index (χ4n) is 2.06. The maximum Gasteiger partial charge on any atom is 0.323 e. The van der Waals surface area contributed by atoms with Crippen molar-refractivity contribution in [3.8, 4) is 0 Å². The van der Waals surface area contributed by atoms with E-state index in [1.165, 1.54) is 0 Å². The number of morpholine rings is 1. The van der Waals surface area contributed by atoms with E-state index in [2.05, 4.69) is 4.90 Å². The molecule has 1 rings (SSSR count). The van der Waals surface area contributed by atoms with Gasteiger partial charge >= 0.3 is 5.97 Å². The molecule has 0 bridgehead atoms. The quantitative estimate of drug-likeness (QED) is 0.737. The Morgan fingerprint density at radius 2 is 2.00 bits per heavy atom. The zero-order chi connectivity index (χ0) is 12.9. The second-order valence-electron chi connectivity index (χ2n) is 4.90. The van der Waals surface area contributed by atoms with Crippen molar-refractivity contribution in [3.05, 3.63) is 0 Å². The summed E-state index contributed by atoms with van der Waals surface area (Å²) in [5.41, 5.74) is -0.791. The molecule has 1 N–H and O–H groups in total. The third-order valence-corrected chi connectivity index (χ3v) is 3.49. The number of carboxylic acids is 1. The van der Waals surface area contributed by atoms with E-state index in [0.29, 0.717) is 0 Å². The first-order chi connectivity index (χ1) is 7.98. The Morgan fingerprint density at radius 1 is 1.41 bits per heavy atom. The predicted octanol–water partition coefficient (Wildman–Crippen LogP) is 0.504. The SMILES string of the molecule is CCN(CCN1CCOCC1)C(C)(C)C(=O)O. The van der Waals surface area contributed by atoms with Gasteiger partial charge in [0.25, 0.3) is 0 Å². The van der Waals surface area contributed by atoms with Gasteiger partial charge in [-0.25, -0.2) is 0 Å². The van der Waals surface area contributed by atoms with Crippen LogP contribution in [0.3, 0.4) is 0 Å². The standard InChI is InChI=1S/C12H24N2O3/c1-4-14(12(2,3)11(15)16)6-5-13-7-9-17-10-8-13/h4-10H2,1-3H3,(H,15,16). The van der Waals surface area contributed by atoms with Crippen LogP contribution in [0.25, 0.3) is 0 Å². The Kier molecular flexibility index (Phi) is 5.36. The van der Waals surface area contributed by atoms with Crippen LogP contribution in [0.1, 0.15) is 20.8 Å². The number of carbonyl (C=O) groups is 1. The fraction of sp³-hybridized carbons (Fsp3) is 0.917. The molecule has 100 valence electrons. The van der Waals surface area contributed by atoms with Crippen LogP contribution in [0.4, 0.5) is 0 Å². The van der Waals surface area contributed by atoms with E-state index in [0.717, 1.165) is 45.9 Å². The Hall–Kier alpha value is -0.650. The van der Waals surface area contributed by atoms with E-state index in [1.54, 1.807) is 13.8 Å². The Bertz CT molecular complexity index is 250. The molecule has 1 aliphatic rings. The minimum Gasteiger partial charge on any atom is -0.480 e. The monoisotopic (exact) mass is 244 g/mol. The van der Waals surface area contributed by atoms with E-state index in [-0.39, 0.29) is 0 Å². The lowest BCUT2D eigenvalue weighted by Gasteiger charge is -2.36. The average molecular weight is 244 g/mol. The second-order valence-corrected chi connectivity index (χ2v) is 4.90. The van der Waals surface area contributed by atoms with Gasteiger partial charge in [0.2, 0.25) is 0 Å². The molecule has 0 aromatic heterocycles. The minimum absolute atomic E-state index is 0.754. The molecular formula is C12H24N2O3. The number of carboxylic acid groups (broad SMARTS) is 1. The summed E-state index contributed by atoms with van der Waals surface area (Å²) in [5, 5.41) is 9.20. The topological polar surface area (TPSA) is 53.0 Å². The van der Waals surface area contributed by atoms with E-state index in [4.69, 9.17) is 4.74 Å². The van der Waals surface area contributed by atoms with Gasteiger partial charge in [0.05, 0.1) is 13.2 Å². The number of nitrogens with zero attached hydrogens (tertiary/aromatic N) is 2. The Balaban J connectivity index is 2.43. The molecule has 0 spiro atoms. The molecule has 0 aromatic carbocycles. The molecule has 5 nitrogen and oxygen atoms in total. The molecule has 0 saturated carbocycles. The molecule has 0 atom stereocenters. The smallest absolute Gasteiger partial charge is 0.323 e. The third-order valence-electron chi connectivity index (χ3n) is 3.49. The van der Waals surface area contributed by atoms with Crippen LogP contribution in [-0.4, -0.2) is 72.4 Å². The third kappa shape index (κ3) is 3.94. The van der Waals surface area contributed by atoms with Crippen LogP contribution >= 0.6 is 0 Å². The van der Waals surface area contributed by atoms with Crippen molar-refractivity contribution in [1.29, 1.82) is 0 Å². The van der Waals surface area contributed by atoms with Crippen molar-refractivity contribution in [1.82, 2.24) is 9.80 Å². The van der Waals surface area contributed by atoms with Gasteiger partial charge in [-0.15, -0.1) is 0 Å². The normalized spacial score (nSPS) is 18.6. The van der Waals surface area contributed by atoms with E-state index in [1.807, 2.05) is 11.8 Å². The fourth-order valence-corrected chi connectivity index (χ4v) is 2.06. The molecule has 0 radical (unpaired) electrons. The molecule has 5 heteroatoms. The summed E-state index contributed by atoms with van der Waals surface area (Å²) in [6.07, 6.45) is 0. The first kappa shape index (κ1) is 14.4. The summed E-state index contributed by atoms with van der Waals surface area (Å²) in [6, 6.07) is 0. The lowest BCUT2D eigenvalue weighted by Crippen LogP contribution is -2.53. The Morgan fingerprint density at radius 3 is 2.47 bits per heavy atom. The molecule has 0 aromatic rings. The number of hydrogen-bond acceptors (Lipinski definition) is 4.